The Hall–Kier alpha value is -4.51. The second-order valence-electron chi connectivity index (χ2n) is 10.8. The maximum atomic E-state index is 15.4. The monoisotopic (exact) mass is 604 g/mol. The number of ether oxygens (including phenoxy) is 2. The molecule has 12 heteroatoms. The minimum absolute atomic E-state index is 0.0766. The molecule has 1 amide bonds. The molecule has 0 N–H and O–H groups in total. The number of carbonyl (C=O) groups excluding carboxylic acids is 1. The van der Waals surface area contributed by atoms with E-state index in [0.717, 1.165) is 0 Å². The Morgan fingerprint density at radius 2 is 1.93 bits per heavy atom. The van der Waals surface area contributed by atoms with Crippen LogP contribution in [0.15, 0.2) is 54.0 Å². The van der Waals surface area contributed by atoms with E-state index in [1.807, 2.05) is 25.7 Å². The average molecular weight is 605 g/mol. The van der Waals surface area contributed by atoms with E-state index in [-0.39, 0.29) is 58.8 Å². The number of pyridine rings is 2. The van der Waals surface area contributed by atoms with Gasteiger partial charge in [-0.05, 0) is 37.1 Å². The number of nitrogens with zero attached hydrogens (tertiary/aromatic N) is 6. The summed E-state index contributed by atoms with van der Waals surface area (Å²) in [5.74, 6) is 0.187. The number of piperazine rings is 1. The van der Waals surface area contributed by atoms with Crippen LogP contribution in [0.2, 0.25) is 5.02 Å². The minimum atomic E-state index is -0.609. The fraction of sp³-hybridized carbons (Fsp3) is 0.323. The van der Waals surface area contributed by atoms with Crippen LogP contribution in [0.4, 0.5) is 10.2 Å². The van der Waals surface area contributed by atoms with Gasteiger partial charge in [-0.15, -0.1) is 0 Å². The summed E-state index contributed by atoms with van der Waals surface area (Å²) in [7, 11) is 0. The third kappa shape index (κ3) is 4.97. The van der Waals surface area contributed by atoms with E-state index in [0.29, 0.717) is 48.0 Å². The Morgan fingerprint density at radius 1 is 1.16 bits per heavy atom. The first-order valence-corrected chi connectivity index (χ1v) is 14.4. The van der Waals surface area contributed by atoms with Gasteiger partial charge in [-0.2, -0.15) is 4.98 Å². The lowest BCUT2D eigenvalue weighted by atomic mass is 10.1. The highest BCUT2D eigenvalue weighted by molar-refractivity contribution is 6.34. The summed E-state index contributed by atoms with van der Waals surface area (Å²) in [6.45, 7) is 10.9. The van der Waals surface area contributed by atoms with Crippen LogP contribution >= 0.6 is 11.6 Å². The van der Waals surface area contributed by atoms with Crippen molar-refractivity contribution < 1.29 is 18.7 Å². The smallest absolute Gasteiger partial charge is 0.356 e. The van der Waals surface area contributed by atoms with Crippen molar-refractivity contribution in [2.75, 3.05) is 37.7 Å². The summed E-state index contributed by atoms with van der Waals surface area (Å²) in [5, 5.41) is 0.636. The van der Waals surface area contributed by atoms with Crippen LogP contribution in [0.3, 0.4) is 0 Å². The summed E-state index contributed by atoms with van der Waals surface area (Å²) in [6.07, 6.45) is 2.92. The number of hydrogen-bond donors (Lipinski definition) is 0. The Labute approximate surface area is 252 Å². The molecule has 4 aromatic rings. The van der Waals surface area contributed by atoms with Crippen molar-refractivity contribution in [3.8, 4) is 28.4 Å². The predicted octanol–water partition coefficient (Wildman–Crippen LogP) is 4.75. The molecule has 0 spiro atoms. The third-order valence-electron chi connectivity index (χ3n) is 7.68. The molecule has 43 heavy (non-hydrogen) atoms. The second kappa shape index (κ2) is 11.3. The molecule has 2 aliphatic heterocycles. The van der Waals surface area contributed by atoms with Crippen molar-refractivity contribution in [1.29, 1.82) is 0 Å². The van der Waals surface area contributed by atoms with Crippen LogP contribution in [0.5, 0.6) is 11.5 Å². The predicted molar refractivity (Wildman–Crippen MR) is 162 cm³/mol. The normalized spacial score (nSPS) is 16.6. The Kier molecular flexibility index (Phi) is 7.51. The number of aromatic nitrogens is 4. The Bertz CT molecular complexity index is 1830. The zero-order valence-electron chi connectivity index (χ0n) is 24.0. The first kappa shape index (κ1) is 28.6. The van der Waals surface area contributed by atoms with Gasteiger partial charge in [0.15, 0.2) is 5.65 Å². The lowest BCUT2D eigenvalue weighted by Gasteiger charge is -2.40. The van der Waals surface area contributed by atoms with E-state index in [2.05, 4.69) is 16.5 Å². The van der Waals surface area contributed by atoms with Gasteiger partial charge in [0.2, 0.25) is 5.91 Å². The zero-order valence-corrected chi connectivity index (χ0v) is 24.8. The zero-order chi connectivity index (χ0) is 30.4. The molecule has 222 valence electrons. The number of benzene rings is 1. The second-order valence-corrected chi connectivity index (χ2v) is 11.2. The number of amides is 1. The average Bonchev–Trinajstić information content (AvgIpc) is 2.98. The molecule has 1 fully saturated rings. The topological polar surface area (TPSA) is 103 Å². The number of halogens is 2. The highest BCUT2D eigenvalue weighted by Gasteiger charge is 2.31. The van der Waals surface area contributed by atoms with E-state index in [4.69, 9.17) is 26.1 Å². The largest absolute Gasteiger partial charge is 0.489 e. The van der Waals surface area contributed by atoms with Crippen molar-refractivity contribution in [2.24, 2.45) is 0 Å². The molecule has 10 nitrogen and oxygen atoms in total. The molecule has 3 aromatic heterocycles. The van der Waals surface area contributed by atoms with Crippen LogP contribution in [0.25, 0.3) is 28.0 Å². The quantitative estimate of drug-likeness (QED) is 0.309. The first-order valence-electron chi connectivity index (χ1n) is 14.0. The molecular weight excluding hydrogens is 575 g/mol. The van der Waals surface area contributed by atoms with Crippen LogP contribution < -0.4 is 20.1 Å². The molecule has 1 atom stereocenters. The summed E-state index contributed by atoms with van der Waals surface area (Å²) >= 11 is 6.86. The van der Waals surface area contributed by atoms with Gasteiger partial charge in [0.1, 0.15) is 42.0 Å². The van der Waals surface area contributed by atoms with Gasteiger partial charge >= 0.3 is 5.69 Å². The van der Waals surface area contributed by atoms with Crippen LogP contribution in [-0.4, -0.2) is 69.2 Å². The highest BCUT2D eigenvalue weighted by Crippen LogP contribution is 2.40. The maximum Gasteiger partial charge on any atom is 0.356 e. The number of hydrogen-bond acceptors (Lipinski definition) is 8. The summed E-state index contributed by atoms with van der Waals surface area (Å²) in [5.41, 5.74) is 0.801. The molecular formula is C31H30ClFN6O4. The van der Waals surface area contributed by atoms with E-state index >= 15 is 4.39 Å². The standard InChI is InChI=1S/C31H30ClFN6O4/c1-5-24(40)37-11-12-38(18(4)16-37)29-19-15-20(32)27-25-21(33)7-6-8-22(25)42-13-14-43-23-9-10-34-26(17(2)3)28(23)39(30(19)35-27)31(41)36-29/h5-10,15,17-18H,1,11-14,16H2,2-4H3/t18-/m1/s1. The molecule has 6 rings (SSSR count). The number of anilines is 1. The van der Waals surface area contributed by atoms with Crippen LogP contribution in [-0.2, 0) is 4.79 Å². The van der Waals surface area contributed by atoms with E-state index in [1.165, 1.54) is 16.7 Å². The maximum absolute atomic E-state index is 15.4. The minimum Gasteiger partial charge on any atom is -0.489 e. The van der Waals surface area contributed by atoms with Gasteiger partial charge in [-0.3, -0.25) is 9.78 Å². The van der Waals surface area contributed by atoms with Gasteiger partial charge in [-0.25, -0.2) is 18.7 Å². The third-order valence-corrected chi connectivity index (χ3v) is 7.97. The van der Waals surface area contributed by atoms with Crippen molar-refractivity contribution in [1.82, 2.24) is 24.4 Å². The van der Waals surface area contributed by atoms with Gasteiger partial charge in [0, 0.05) is 37.9 Å². The molecule has 0 saturated carbocycles. The molecule has 1 aromatic carbocycles. The fourth-order valence-electron chi connectivity index (χ4n) is 5.68. The summed E-state index contributed by atoms with van der Waals surface area (Å²) < 4.78 is 28.9. The SMILES string of the molecule is C=CC(=O)N1CCN(c2nc(=O)n3c4nc(c(Cl)cc24)-c2c(F)cccc2OCCOc2ccnc(C(C)C)c2-3)[C@H](C)C1. The van der Waals surface area contributed by atoms with Gasteiger partial charge < -0.3 is 19.3 Å². The lowest BCUT2D eigenvalue weighted by Crippen LogP contribution is -2.54. The number of fused-ring (bicyclic) bond motifs is 5. The Morgan fingerprint density at radius 3 is 2.65 bits per heavy atom. The van der Waals surface area contributed by atoms with E-state index < -0.39 is 11.5 Å². The number of rotatable bonds is 3. The van der Waals surface area contributed by atoms with E-state index in [1.54, 1.807) is 35.4 Å². The number of carbonyl (C=O) groups is 1. The highest BCUT2D eigenvalue weighted by atomic mass is 35.5. The molecule has 0 unspecified atom stereocenters. The van der Waals surface area contributed by atoms with Crippen LogP contribution in [0, 0.1) is 5.82 Å². The first-order chi connectivity index (χ1) is 20.7. The lowest BCUT2D eigenvalue weighted by molar-refractivity contribution is -0.126. The molecule has 0 radical (unpaired) electrons. The molecule has 1 saturated heterocycles. The van der Waals surface area contributed by atoms with Gasteiger partial charge in [0.05, 0.1) is 27.4 Å². The van der Waals surface area contributed by atoms with Gasteiger partial charge in [-0.1, -0.05) is 38.1 Å². The van der Waals surface area contributed by atoms with Crippen molar-refractivity contribution in [3.05, 3.63) is 76.2 Å². The molecule has 2 bridgehead atoms. The molecule has 2 aliphatic rings. The van der Waals surface area contributed by atoms with E-state index in [9.17, 15) is 9.59 Å². The van der Waals surface area contributed by atoms with Crippen molar-refractivity contribution >= 4 is 34.4 Å². The fourth-order valence-corrected chi connectivity index (χ4v) is 5.92. The van der Waals surface area contributed by atoms with Gasteiger partial charge in [0.25, 0.3) is 0 Å². The van der Waals surface area contributed by atoms with Crippen molar-refractivity contribution in [3.63, 3.8) is 0 Å². The Balaban J connectivity index is 1.68. The molecule has 0 aliphatic carbocycles. The summed E-state index contributed by atoms with van der Waals surface area (Å²) in [6, 6.07) is 7.63. The van der Waals surface area contributed by atoms with Crippen molar-refractivity contribution in [2.45, 2.75) is 32.7 Å². The molecule has 5 heterocycles. The summed E-state index contributed by atoms with van der Waals surface area (Å²) in [4.78, 5) is 44.1. The van der Waals surface area contributed by atoms with Crippen LogP contribution in [0.1, 0.15) is 32.4 Å².